The number of rotatable bonds is 8. The van der Waals surface area contributed by atoms with Crippen LogP contribution in [0.2, 0.25) is 0 Å². The van der Waals surface area contributed by atoms with Crippen molar-refractivity contribution in [3.05, 3.63) is 25.3 Å². The highest BCUT2D eigenvalue weighted by Crippen LogP contribution is 2.07. The van der Waals surface area contributed by atoms with Crippen LogP contribution in [-0.2, 0) is 19.1 Å². The van der Waals surface area contributed by atoms with Crippen LogP contribution in [0.3, 0.4) is 0 Å². The quantitative estimate of drug-likeness (QED) is 0.414. The molecule has 32 heavy (non-hydrogen) atoms. The Morgan fingerprint density at radius 3 is 1.22 bits per heavy atom. The average molecular weight is 457 g/mol. The Balaban J connectivity index is 0. The van der Waals surface area contributed by atoms with E-state index in [9.17, 15) is 19.2 Å². The first-order valence-corrected chi connectivity index (χ1v) is 10.3. The maximum absolute atomic E-state index is 11.4. The Labute approximate surface area is 191 Å². The summed E-state index contributed by atoms with van der Waals surface area (Å²) in [6.07, 6.45) is 1.93. The zero-order chi connectivity index (χ0) is 25.5. The lowest BCUT2D eigenvalue weighted by Gasteiger charge is -2.21. The minimum atomic E-state index is -0.630. The molecule has 0 aliphatic heterocycles. The fraction of sp³-hybridized carbons (Fsp3) is 0.636. The van der Waals surface area contributed by atoms with Gasteiger partial charge in [-0.3, -0.25) is 9.59 Å². The molecule has 0 spiro atoms. The Morgan fingerprint density at radius 1 is 0.719 bits per heavy atom. The van der Waals surface area contributed by atoms with Crippen molar-refractivity contribution in [2.75, 3.05) is 13.1 Å². The molecule has 184 valence electrons. The molecule has 0 saturated carbocycles. The van der Waals surface area contributed by atoms with Crippen LogP contribution in [0.1, 0.15) is 55.4 Å². The third kappa shape index (κ3) is 19.0. The molecule has 0 bridgehead atoms. The molecule has 10 nitrogen and oxygen atoms in total. The zero-order valence-corrected chi connectivity index (χ0v) is 20.6. The normalized spacial score (nSPS) is 12.5. The fourth-order valence-electron chi connectivity index (χ4n) is 1.75. The van der Waals surface area contributed by atoms with Gasteiger partial charge in [-0.15, -0.1) is 13.2 Å². The van der Waals surface area contributed by atoms with Crippen LogP contribution in [0.25, 0.3) is 0 Å². The largest absolute Gasteiger partial charge is 0.444 e. The van der Waals surface area contributed by atoms with Crippen LogP contribution in [0.15, 0.2) is 25.3 Å². The summed E-state index contributed by atoms with van der Waals surface area (Å²) in [4.78, 5) is 45.4. The molecule has 0 aliphatic carbocycles. The van der Waals surface area contributed by atoms with Gasteiger partial charge in [0.1, 0.15) is 23.3 Å². The van der Waals surface area contributed by atoms with E-state index in [-0.39, 0.29) is 11.8 Å². The van der Waals surface area contributed by atoms with E-state index < -0.39 is 35.5 Å². The number of hydrogen-bond acceptors (Lipinski definition) is 6. The van der Waals surface area contributed by atoms with Crippen LogP contribution >= 0.6 is 0 Å². The molecule has 0 aromatic heterocycles. The maximum Gasteiger partial charge on any atom is 0.408 e. The van der Waals surface area contributed by atoms with E-state index in [1.807, 2.05) is 0 Å². The predicted molar refractivity (Wildman–Crippen MR) is 124 cm³/mol. The van der Waals surface area contributed by atoms with E-state index >= 15 is 0 Å². The number of ether oxygens (including phenoxy) is 2. The molecule has 2 atom stereocenters. The van der Waals surface area contributed by atoms with Gasteiger partial charge in [0.2, 0.25) is 11.8 Å². The number of alkyl carbamates (subject to hydrolysis) is 2. The van der Waals surface area contributed by atoms with E-state index in [1.165, 1.54) is 0 Å². The smallest absolute Gasteiger partial charge is 0.408 e. The molecular weight excluding hydrogens is 416 g/mol. The molecule has 0 fully saturated rings. The van der Waals surface area contributed by atoms with Gasteiger partial charge in [-0.1, -0.05) is 12.2 Å². The second-order valence-electron chi connectivity index (χ2n) is 8.80. The van der Waals surface area contributed by atoms with E-state index in [0.29, 0.717) is 13.1 Å². The fourth-order valence-corrected chi connectivity index (χ4v) is 1.75. The van der Waals surface area contributed by atoms with Crippen molar-refractivity contribution in [1.82, 2.24) is 21.3 Å². The van der Waals surface area contributed by atoms with Crippen LogP contribution < -0.4 is 21.3 Å². The summed E-state index contributed by atoms with van der Waals surface area (Å²) in [6, 6.07) is -1.26. The van der Waals surface area contributed by atoms with Crippen molar-refractivity contribution in [1.29, 1.82) is 0 Å². The SMILES string of the molecule is C=CCNC(=O)[C@H](C)NC(=O)OC(C)(C)C.C=CCNC(=O)[C@H](C)NC(=O)OC(C)(C)C. The zero-order valence-electron chi connectivity index (χ0n) is 20.6. The Kier molecular flexibility index (Phi) is 14.5. The number of nitrogens with one attached hydrogen (secondary N) is 4. The van der Waals surface area contributed by atoms with Crippen molar-refractivity contribution in [3.63, 3.8) is 0 Å². The van der Waals surface area contributed by atoms with Gasteiger partial charge in [0, 0.05) is 13.1 Å². The summed E-state index contributed by atoms with van der Waals surface area (Å²) in [5.74, 6) is -0.545. The molecule has 0 aliphatic rings. The Morgan fingerprint density at radius 2 is 1.00 bits per heavy atom. The summed E-state index contributed by atoms with van der Waals surface area (Å²) >= 11 is 0. The number of hydrogen-bond donors (Lipinski definition) is 4. The lowest BCUT2D eigenvalue weighted by Crippen LogP contribution is -2.46. The van der Waals surface area contributed by atoms with Gasteiger partial charge in [0.15, 0.2) is 0 Å². The third-order valence-corrected chi connectivity index (χ3v) is 3.09. The lowest BCUT2D eigenvalue weighted by molar-refractivity contribution is -0.123. The molecule has 0 heterocycles. The van der Waals surface area contributed by atoms with E-state index in [4.69, 9.17) is 9.47 Å². The van der Waals surface area contributed by atoms with E-state index in [2.05, 4.69) is 34.4 Å². The number of carbonyl (C=O) groups excluding carboxylic acids is 4. The standard InChI is InChI=1S/2C11H20N2O3/c2*1-6-7-12-9(14)8(2)13-10(15)16-11(3,4)5/h2*6,8H,1,7H2,2-5H3,(H,12,14)(H,13,15)/t2*8-/m00/s1. The third-order valence-electron chi connectivity index (χ3n) is 3.09. The van der Waals surface area contributed by atoms with Gasteiger partial charge < -0.3 is 30.7 Å². The van der Waals surface area contributed by atoms with Crippen molar-refractivity contribution < 1.29 is 28.7 Å². The molecule has 0 radical (unpaired) electrons. The van der Waals surface area contributed by atoms with Crippen molar-refractivity contribution in [3.8, 4) is 0 Å². The monoisotopic (exact) mass is 456 g/mol. The molecular formula is C22H40N4O6. The second-order valence-corrected chi connectivity index (χ2v) is 8.80. The summed E-state index contributed by atoms with van der Waals surface area (Å²) in [5, 5.41) is 10.0. The first-order chi connectivity index (χ1) is 14.5. The van der Waals surface area contributed by atoms with Crippen LogP contribution in [0, 0.1) is 0 Å². The van der Waals surface area contributed by atoms with Crippen LogP contribution in [-0.4, -0.2) is 60.4 Å². The maximum atomic E-state index is 11.4. The first-order valence-electron chi connectivity index (χ1n) is 10.3. The van der Waals surface area contributed by atoms with Crippen molar-refractivity contribution in [2.24, 2.45) is 0 Å². The van der Waals surface area contributed by atoms with Crippen molar-refractivity contribution in [2.45, 2.75) is 78.7 Å². The Hall–Kier alpha value is -3.04. The van der Waals surface area contributed by atoms with Gasteiger partial charge in [-0.05, 0) is 55.4 Å². The molecule has 4 N–H and O–H groups in total. The Bertz CT molecular complexity index is 594. The van der Waals surface area contributed by atoms with E-state index in [0.717, 1.165) is 0 Å². The van der Waals surface area contributed by atoms with Gasteiger partial charge in [-0.25, -0.2) is 9.59 Å². The van der Waals surface area contributed by atoms with Gasteiger partial charge in [0.25, 0.3) is 0 Å². The topological polar surface area (TPSA) is 135 Å². The highest BCUT2D eigenvalue weighted by Gasteiger charge is 2.21. The van der Waals surface area contributed by atoms with Gasteiger partial charge in [-0.2, -0.15) is 0 Å². The molecule has 0 aromatic carbocycles. The summed E-state index contributed by atoms with van der Waals surface area (Å²) in [6.45, 7) is 21.4. The van der Waals surface area contributed by atoms with E-state index in [1.54, 1.807) is 67.5 Å². The number of amides is 4. The molecule has 0 rings (SSSR count). The molecule has 0 unspecified atom stereocenters. The summed E-state index contributed by atoms with van der Waals surface area (Å²) in [5.41, 5.74) is -1.14. The predicted octanol–water partition coefficient (Wildman–Crippen LogP) is 2.40. The highest BCUT2D eigenvalue weighted by molar-refractivity contribution is 5.85. The number of carbonyl (C=O) groups is 4. The minimum absolute atomic E-state index is 0.272. The molecule has 0 saturated heterocycles. The van der Waals surface area contributed by atoms with Crippen LogP contribution in [0.5, 0.6) is 0 Å². The average Bonchev–Trinajstić information content (AvgIpc) is 2.61. The molecule has 4 amide bonds. The second kappa shape index (κ2) is 14.9. The summed E-state index contributed by atoms with van der Waals surface area (Å²) in [7, 11) is 0. The minimum Gasteiger partial charge on any atom is -0.444 e. The van der Waals surface area contributed by atoms with Gasteiger partial charge in [0.05, 0.1) is 0 Å². The molecule has 10 heteroatoms. The first kappa shape index (κ1) is 31.1. The highest BCUT2D eigenvalue weighted by atomic mass is 16.6. The van der Waals surface area contributed by atoms with Crippen LogP contribution in [0.4, 0.5) is 9.59 Å². The van der Waals surface area contributed by atoms with Crippen molar-refractivity contribution >= 4 is 24.0 Å². The lowest BCUT2D eigenvalue weighted by atomic mass is 10.2. The summed E-state index contributed by atoms with van der Waals surface area (Å²) < 4.78 is 10.0. The van der Waals surface area contributed by atoms with Gasteiger partial charge >= 0.3 is 12.2 Å². The molecule has 0 aromatic rings.